The number of ether oxygens (including phenoxy) is 3. The third kappa shape index (κ3) is 10.9. The average Bonchev–Trinajstić information content (AvgIpc) is 3.71. The van der Waals surface area contributed by atoms with Gasteiger partial charge in [-0.1, -0.05) is 31.6 Å². The second-order valence-electron chi connectivity index (χ2n) is 16.4. The smallest absolute Gasteiger partial charge is 0.293 e. The van der Waals surface area contributed by atoms with Gasteiger partial charge < -0.3 is 29.4 Å². The highest BCUT2D eigenvalue weighted by atomic mass is 32.2. The lowest BCUT2D eigenvalue weighted by molar-refractivity contribution is -0.384. The first-order chi connectivity index (χ1) is 29.1. The third-order valence-corrected chi connectivity index (χ3v) is 12.7. The molecule has 1 amide bonds. The number of pyridine rings is 1. The molecular formula is C43H51F2N7O8S. The fraction of sp³-hybridized carbons (Fsp3) is 0.442. The fourth-order valence-corrected chi connectivity index (χ4v) is 8.91. The third-order valence-electron chi connectivity index (χ3n) is 11.3. The summed E-state index contributed by atoms with van der Waals surface area (Å²) in [5.74, 6) is -0.619. The van der Waals surface area contributed by atoms with Crippen molar-refractivity contribution < 1.29 is 41.1 Å². The summed E-state index contributed by atoms with van der Waals surface area (Å²) in [6.07, 6.45) is 3.32. The van der Waals surface area contributed by atoms with E-state index in [4.69, 9.17) is 14.2 Å². The van der Waals surface area contributed by atoms with E-state index in [-0.39, 0.29) is 47.9 Å². The van der Waals surface area contributed by atoms with Crippen LogP contribution in [-0.2, 0) is 19.5 Å². The first-order valence-electron chi connectivity index (χ1n) is 20.3. The number of carbonyl (C=O) groups excluding carboxylic acids is 1. The molecule has 0 saturated carbocycles. The van der Waals surface area contributed by atoms with Gasteiger partial charge in [0, 0.05) is 75.1 Å². The van der Waals surface area contributed by atoms with E-state index in [9.17, 15) is 32.1 Å². The predicted molar refractivity (Wildman–Crippen MR) is 227 cm³/mol. The number of aromatic amines is 1. The van der Waals surface area contributed by atoms with Crippen LogP contribution in [0.15, 0.2) is 89.1 Å². The summed E-state index contributed by atoms with van der Waals surface area (Å²) >= 11 is 0. The molecule has 0 radical (unpaired) electrons. The van der Waals surface area contributed by atoms with Crippen molar-refractivity contribution in [3.63, 3.8) is 0 Å². The van der Waals surface area contributed by atoms with Crippen LogP contribution in [0.25, 0.3) is 11.0 Å². The number of nitrogens with one attached hydrogen (secondary N) is 3. The number of allylic oxidation sites excluding steroid dienone is 2. The van der Waals surface area contributed by atoms with E-state index < -0.39 is 37.9 Å². The highest BCUT2D eigenvalue weighted by Crippen LogP contribution is 2.42. The second-order valence-corrected chi connectivity index (χ2v) is 18.1. The molecule has 15 nitrogen and oxygen atoms in total. The predicted octanol–water partition coefficient (Wildman–Crippen LogP) is 7.44. The molecule has 4 heterocycles. The highest BCUT2D eigenvalue weighted by Gasteiger charge is 2.31. The lowest BCUT2D eigenvalue weighted by atomic mass is 9.72. The summed E-state index contributed by atoms with van der Waals surface area (Å²) in [5.41, 5.74) is 4.15. The maximum atomic E-state index is 13.9. The number of halogens is 2. The molecule has 7 rings (SSSR count). The van der Waals surface area contributed by atoms with Gasteiger partial charge in [-0.2, -0.15) is 0 Å². The molecule has 18 heteroatoms. The Labute approximate surface area is 353 Å². The number of alkyl halides is 2. The lowest BCUT2D eigenvalue weighted by Crippen LogP contribution is -2.47. The van der Waals surface area contributed by atoms with Crippen molar-refractivity contribution in [2.24, 2.45) is 5.41 Å². The molecule has 1 atom stereocenters. The molecule has 2 aromatic carbocycles. The largest absolute Gasteiger partial charge is 0.455 e. The molecule has 4 aromatic rings. The first-order valence-corrected chi connectivity index (χ1v) is 21.8. The Hall–Kier alpha value is -5.43. The molecule has 2 aliphatic heterocycles. The maximum absolute atomic E-state index is 13.9. The van der Waals surface area contributed by atoms with Crippen LogP contribution < -0.4 is 19.7 Å². The summed E-state index contributed by atoms with van der Waals surface area (Å²) in [7, 11) is -4.61. The van der Waals surface area contributed by atoms with E-state index in [2.05, 4.69) is 50.2 Å². The van der Waals surface area contributed by atoms with Gasteiger partial charge in [-0.15, -0.1) is 0 Å². The van der Waals surface area contributed by atoms with Crippen LogP contribution in [0.3, 0.4) is 0 Å². The number of nitro groups is 1. The number of anilines is 2. The minimum absolute atomic E-state index is 0.0747. The molecule has 3 aliphatic rings. The number of carbonyl (C=O) groups is 1. The number of hydrogen-bond donors (Lipinski definition) is 3. The van der Waals surface area contributed by atoms with Gasteiger partial charge in [-0.25, -0.2) is 26.9 Å². The van der Waals surface area contributed by atoms with Crippen LogP contribution in [-0.4, -0.2) is 106 Å². The summed E-state index contributed by atoms with van der Waals surface area (Å²) in [6.45, 7) is 13.5. The maximum Gasteiger partial charge on any atom is 0.293 e. The van der Waals surface area contributed by atoms with Gasteiger partial charge in [-0.3, -0.25) is 19.8 Å². The second kappa shape index (κ2) is 18.7. The van der Waals surface area contributed by atoms with Crippen molar-refractivity contribution in [1.29, 1.82) is 0 Å². The van der Waals surface area contributed by atoms with Crippen LogP contribution in [0.1, 0.15) is 56.3 Å². The molecule has 2 saturated heterocycles. The summed E-state index contributed by atoms with van der Waals surface area (Å²) in [5, 5.41) is 15.7. The number of nitrogens with zero attached hydrogens (tertiary/aromatic N) is 4. The Balaban J connectivity index is 1.08. The van der Waals surface area contributed by atoms with Crippen LogP contribution in [0, 0.1) is 15.5 Å². The average molecular weight is 864 g/mol. The Morgan fingerprint density at radius 1 is 1.13 bits per heavy atom. The van der Waals surface area contributed by atoms with E-state index >= 15 is 0 Å². The molecule has 3 N–H and O–H groups in total. The van der Waals surface area contributed by atoms with Crippen LogP contribution in [0.5, 0.6) is 11.5 Å². The van der Waals surface area contributed by atoms with Gasteiger partial charge in [0.25, 0.3) is 21.6 Å². The Bertz CT molecular complexity index is 2410. The van der Waals surface area contributed by atoms with Gasteiger partial charge in [-0.05, 0) is 73.1 Å². The minimum Gasteiger partial charge on any atom is -0.455 e. The van der Waals surface area contributed by atoms with Crippen molar-refractivity contribution in [2.45, 2.75) is 63.4 Å². The number of nitro benzene ring substituents is 1. The fourth-order valence-electron chi connectivity index (χ4n) is 7.93. The summed E-state index contributed by atoms with van der Waals surface area (Å²) in [6, 6.07) is 11.8. The Morgan fingerprint density at radius 2 is 1.93 bits per heavy atom. The molecule has 0 bridgehead atoms. The number of sulfonamides is 1. The quantitative estimate of drug-likeness (QED) is 0.0750. The number of hydrogen-bond acceptors (Lipinski definition) is 12. The number of amides is 1. The normalized spacial score (nSPS) is 18.6. The van der Waals surface area contributed by atoms with Gasteiger partial charge in [0.1, 0.15) is 22.8 Å². The highest BCUT2D eigenvalue weighted by molar-refractivity contribution is 7.90. The molecule has 0 unspecified atom stereocenters. The van der Waals surface area contributed by atoms with Crippen molar-refractivity contribution in [3.05, 3.63) is 99.9 Å². The monoisotopic (exact) mass is 863 g/mol. The Morgan fingerprint density at radius 3 is 2.67 bits per heavy atom. The SMILES string of the molecule is C=C(CCC(F)F)C1=C(CN2CCN(c3ccc(C(=O)NS(=O)(=O)c4ccc(NC[C@H]5COCCO5)c([N+](=O)[O-])c4)c(Oc4cnc5[nH]ccc5c4)c3)CC2)CCC(C)(C)C1. The van der Waals surface area contributed by atoms with Gasteiger partial charge in [0.2, 0.25) is 6.43 Å². The topological polar surface area (TPSA) is 181 Å². The molecule has 2 fully saturated rings. The number of fused-ring (bicyclic) bond motifs is 1. The zero-order chi connectivity index (χ0) is 43.3. The van der Waals surface area contributed by atoms with E-state index in [0.29, 0.717) is 44.3 Å². The van der Waals surface area contributed by atoms with Gasteiger partial charge in [0.15, 0.2) is 0 Å². The number of rotatable bonds is 16. The van der Waals surface area contributed by atoms with E-state index in [1.54, 1.807) is 24.4 Å². The standard InChI is InChI=1S/C43H51F2N7O8S/c1-28(4-9-40(44)45)36-23-43(2,3)12-10-30(36)26-50-14-16-51(17-15-50)31-5-7-35(39(21-31)60-32-20-29-11-13-46-41(29)48-24-32)42(53)49-61(56,57)34-6-8-37(38(22-34)52(54)55)47-25-33-27-58-18-19-59-33/h5-8,11,13,20-22,24,33,40,47H,1,4,9-10,12,14-19,23,25-27H2,2-3H3,(H,46,48)(H,49,53)/t33-/m0/s1. The number of piperazine rings is 1. The van der Waals surface area contributed by atoms with E-state index in [1.165, 1.54) is 30.0 Å². The molecular weight excluding hydrogens is 813 g/mol. The molecule has 1 aliphatic carbocycles. The lowest BCUT2D eigenvalue weighted by Gasteiger charge is -2.39. The van der Waals surface area contributed by atoms with Crippen LogP contribution >= 0.6 is 0 Å². The number of aromatic nitrogens is 2. The molecule has 0 spiro atoms. The van der Waals surface area contributed by atoms with Crippen molar-refractivity contribution >= 4 is 44.0 Å². The minimum atomic E-state index is -4.61. The van der Waals surface area contributed by atoms with E-state index in [1.807, 2.05) is 6.07 Å². The van der Waals surface area contributed by atoms with Crippen LogP contribution in [0.2, 0.25) is 0 Å². The van der Waals surface area contributed by atoms with Crippen molar-refractivity contribution in [2.75, 3.05) is 69.3 Å². The zero-order valence-corrected chi connectivity index (χ0v) is 35.1. The van der Waals surface area contributed by atoms with Crippen LogP contribution in [0.4, 0.5) is 25.8 Å². The van der Waals surface area contributed by atoms with Gasteiger partial charge in [0.05, 0.1) is 47.5 Å². The molecule has 2 aromatic heterocycles. The number of H-pyrrole nitrogens is 1. The zero-order valence-electron chi connectivity index (χ0n) is 34.3. The van der Waals surface area contributed by atoms with Crippen molar-refractivity contribution in [1.82, 2.24) is 19.6 Å². The summed E-state index contributed by atoms with van der Waals surface area (Å²) < 4.78 is 72.7. The summed E-state index contributed by atoms with van der Waals surface area (Å²) in [4.78, 5) is 36.6. The van der Waals surface area contributed by atoms with E-state index in [0.717, 1.165) is 67.2 Å². The number of benzene rings is 2. The van der Waals surface area contributed by atoms with Crippen molar-refractivity contribution in [3.8, 4) is 11.5 Å². The Kier molecular flexibility index (Phi) is 13.4. The van der Waals surface area contributed by atoms with Gasteiger partial charge >= 0.3 is 0 Å². The first kappa shape index (κ1) is 43.7. The molecule has 61 heavy (non-hydrogen) atoms. The molecule has 326 valence electrons.